The van der Waals surface area contributed by atoms with Gasteiger partial charge in [-0.05, 0) is 31.5 Å². The van der Waals surface area contributed by atoms with Crippen molar-refractivity contribution in [3.63, 3.8) is 0 Å². The number of nitrogens with zero attached hydrogens (tertiary/aromatic N) is 3. The van der Waals surface area contributed by atoms with Crippen LogP contribution in [0.3, 0.4) is 0 Å². The maximum absolute atomic E-state index is 10.9. The summed E-state index contributed by atoms with van der Waals surface area (Å²) in [7, 11) is 0. The largest absolute Gasteiger partial charge is 0.478 e. The molecule has 0 radical (unpaired) electrons. The molecule has 6 heteroatoms. The number of hydrogen-bond donors (Lipinski definition) is 2. The molecular formula is C13H16N4O2. The van der Waals surface area contributed by atoms with E-state index in [1.54, 1.807) is 25.3 Å². The van der Waals surface area contributed by atoms with Crippen molar-refractivity contribution in [3.8, 4) is 0 Å². The predicted octanol–water partition coefficient (Wildman–Crippen LogP) is 1.79. The van der Waals surface area contributed by atoms with E-state index in [9.17, 15) is 4.79 Å². The number of carboxylic acid groups (broad SMARTS) is 1. The van der Waals surface area contributed by atoms with Gasteiger partial charge in [0, 0.05) is 31.2 Å². The molecule has 2 aromatic rings. The Morgan fingerprint density at radius 3 is 3.00 bits per heavy atom. The lowest BCUT2D eigenvalue weighted by Crippen LogP contribution is -2.09. The maximum Gasteiger partial charge on any atom is 0.335 e. The number of carbonyl (C=O) groups is 1. The molecule has 0 aliphatic carbocycles. The molecule has 0 aliphatic heterocycles. The number of aryl methyl sites for hydroxylation is 2. The molecule has 0 bridgehead atoms. The van der Waals surface area contributed by atoms with E-state index < -0.39 is 5.97 Å². The number of hydrogen-bond acceptors (Lipinski definition) is 4. The summed E-state index contributed by atoms with van der Waals surface area (Å²) in [5.41, 5.74) is 0.941. The highest BCUT2D eigenvalue weighted by atomic mass is 16.4. The van der Waals surface area contributed by atoms with Crippen molar-refractivity contribution in [2.75, 3.05) is 11.9 Å². The van der Waals surface area contributed by atoms with Gasteiger partial charge < -0.3 is 10.4 Å². The van der Waals surface area contributed by atoms with Crippen LogP contribution in [0, 0.1) is 6.92 Å². The van der Waals surface area contributed by atoms with Crippen LogP contribution in [0.2, 0.25) is 0 Å². The van der Waals surface area contributed by atoms with E-state index in [1.165, 1.54) is 0 Å². The van der Waals surface area contributed by atoms with Gasteiger partial charge in [-0.3, -0.25) is 4.68 Å². The van der Waals surface area contributed by atoms with Gasteiger partial charge in [-0.25, -0.2) is 9.78 Å². The predicted molar refractivity (Wildman–Crippen MR) is 71.3 cm³/mol. The molecule has 0 unspecified atom stereocenters. The highest BCUT2D eigenvalue weighted by Crippen LogP contribution is 2.10. The standard InChI is InChI=1S/C13H16N4O2/c1-10-8-11(13(18)19)9-12(16-10)14-4-2-6-17-7-3-5-15-17/h3,5,7-9H,2,4,6H2,1H3,(H,14,16)(H,18,19). The summed E-state index contributed by atoms with van der Waals surface area (Å²) in [6.45, 7) is 3.31. The lowest BCUT2D eigenvalue weighted by Gasteiger charge is -2.07. The van der Waals surface area contributed by atoms with E-state index in [0.717, 1.165) is 19.5 Å². The van der Waals surface area contributed by atoms with Gasteiger partial charge in [-0.2, -0.15) is 5.10 Å². The molecule has 0 saturated carbocycles. The van der Waals surface area contributed by atoms with Gasteiger partial charge in [0.15, 0.2) is 0 Å². The zero-order valence-electron chi connectivity index (χ0n) is 10.7. The fourth-order valence-electron chi connectivity index (χ4n) is 1.77. The minimum absolute atomic E-state index is 0.252. The van der Waals surface area contributed by atoms with Crippen LogP contribution in [-0.2, 0) is 6.54 Å². The Bertz CT molecular complexity index is 552. The molecule has 0 amide bonds. The molecule has 2 rings (SSSR count). The summed E-state index contributed by atoms with van der Waals surface area (Å²) in [5.74, 6) is -0.344. The number of aromatic nitrogens is 3. The first kappa shape index (κ1) is 13.1. The summed E-state index contributed by atoms with van der Waals surface area (Å²) in [6, 6.07) is 4.98. The average Bonchev–Trinajstić information content (AvgIpc) is 2.87. The van der Waals surface area contributed by atoms with Gasteiger partial charge in [0.2, 0.25) is 0 Å². The Balaban J connectivity index is 1.87. The van der Waals surface area contributed by atoms with Gasteiger partial charge in [-0.15, -0.1) is 0 Å². The van der Waals surface area contributed by atoms with E-state index in [1.807, 2.05) is 16.9 Å². The van der Waals surface area contributed by atoms with Crippen LogP contribution in [0.5, 0.6) is 0 Å². The number of carboxylic acids is 1. The molecule has 100 valence electrons. The van der Waals surface area contributed by atoms with Crippen molar-refractivity contribution in [2.45, 2.75) is 19.9 Å². The molecular weight excluding hydrogens is 244 g/mol. The summed E-state index contributed by atoms with van der Waals surface area (Å²) in [6.07, 6.45) is 4.54. The molecule has 2 heterocycles. The Kier molecular flexibility index (Phi) is 4.12. The third kappa shape index (κ3) is 3.80. The monoisotopic (exact) mass is 260 g/mol. The number of rotatable bonds is 6. The molecule has 19 heavy (non-hydrogen) atoms. The zero-order valence-corrected chi connectivity index (χ0v) is 10.7. The van der Waals surface area contributed by atoms with Crippen molar-refractivity contribution >= 4 is 11.8 Å². The van der Waals surface area contributed by atoms with Crippen LogP contribution in [0.1, 0.15) is 22.5 Å². The van der Waals surface area contributed by atoms with E-state index in [-0.39, 0.29) is 5.56 Å². The van der Waals surface area contributed by atoms with Gasteiger partial charge in [0.05, 0.1) is 5.56 Å². The fourth-order valence-corrected chi connectivity index (χ4v) is 1.77. The molecule has 0 aromatic carbocycles. The first-order valence-electron chi connectivity index (χ1n) is 6.08. The van der Waals surface area contributed by atoms with E-state index >= 15 is 0 Å². The Morgan fingerprint density at radius 2 is 2.32 bits per heavy atom. The Morgan fingerprint density at radius 1 is 1.47 bits per heavy atom. The SMILES string of the molecule is Cc1cc(C(=O)O)cc(NCCCn2cccn2)n1. The van der Waals surface area contributed by atoms with Crippen LogP contribution in [-0.4, -0.2) is 32.4 Å². The highest BCUT2D eigenvalue weighted by Gasteiger charge is 2.06. The third-order valence-corrected chi connectivity index (χ3v) is 2.63. The summed E-state index contributed by atoms with van der Waals surface area (Å²) < 4.78 is 1.86. The van der Waals surface area contributed by atoms with Crippen molar-refractivity contribution in [1.29, 1.82) is 0 Å². The van der Waals surface area contributed by atoms with Crippen molar-refractivity contribution in [2.24, 2.45) is 0 Å². The van der Waals surface area contributed by atoms with Gasteiger partial charge >= 0.3 is 5.97 Å². The van der Waals surface area contributed by atoms with Crippen LogP contribution in [0.15, 0.2) is 30.6 Å². The smallest absolute Gasteiger partial charge is 0.335 e. The molecule has 0 spiro atoms. The van der Waals surface area contributed by atoms with Crippen molar-refractivity contribution in [1.82, 2.24) is 14.8 Å². The minimum Gasteiger partial charge on any atom is -0.478 e. The normalized spacial score (nSPS) is 10.4. The van der Waals surface area contributed by atoms with Crippen LogP contribution < -0.4 is 5.32 Å². The first-order chi connectivity index (χ1) is 9.15. The zero-order chi connectivity index (χ0) is 13.7. The number of nitrogens with one attached hydrogen (secondary N) is 1. The molecule has 0 fully saturated rings. The Hall–Kier alpha value is -2.37. The third-order valence-electron chi connectivity index (χ3n) is 2.63. The summed E-state index contributed by atoms with van der Waals surface area (Å²) in [5, 5.41) is 16.2. The van der Waals surface area contributed by atoms with Gasteiger partial charge in [0.1, 0.15) is 5.82 Å². The quantitative estimate of drug-likeness (QED) is 0.774. The first-order valence-corrected chi connectivity index (χ1v) is 6.08. The topological polar surface area (TPSA) is 80.0 Å². The van der Waals surface area contributed by atoms with E-state index in [0.29, 0.717) is 11.5 Å². The number of anilines is 1. The average molecular weight is 260 g/mol. The summed E-state index contributed by atoms with van der Waals surface area (Å²) in [4.78, 5) is 15.2. The molecule has 6 nitrogen and oxygen atoms in total. The number of aromatic carboxylic acids is 1. The van der Waals surface area contributed by atoms with Crippen molar-refractivity contribution < 1.29 is 9.90 Å². The van der Waals surface area contributed by atoms with E-state index in [4.69, 9.17) is 5.11 Å². The lowest BCUT2D eigenvalue weighted by atomic mass is 10.2. The Labute approximate surface area is 111 Å². The second kappa shape index (κ2) is 5.99. The molecule has 2 N–H and O–H groups in total. The second-order valence-electron chi connectivity index (χ2n) is 4.24. The molecule has 0 aliphatic rings. The maximum atomic E-state index is 10.9. The highest BCUT2D eigenvalue weighted by molar-refractivity contribution is 5.88. The van der Waals surface area contributed by atoms with Crippen molar-refractivity contribution in [3.05, 3.63) is 41.9 Å². The fraction of sp³-hybridized carbons (Fsp3) is 0.308. The van der Waals surface area contributed by atoms with Crippen LogP contribution in [0.25, 0.3) is 0 Å². The van der Waals surface area contributed by atoms with Crippen LogP contribution >= 0.6 is 0 Å². The minimum atomic E-state index is -0.940. The number of pyridine rings is 1. The van der Waals surface area contributed by atoms with Gasteiger partial charge in [-0.1, -0.05) is 0 Å². The van der Waals surface area contributed by atoms with E-state index in [2.05, 4.69) is 15.4 Å². The molecule has 0 atom stereocenters. The second-order valence-corrected chi connectivity index (χ2v) is 4.24. The summed E-state index contributed by atoms with van der Waals surface area (Å²) >= 11 is 0. The van der Waals surface area contributed by atoms with Gasteiger partial charge in [0.25, 0.3) is 0 Å². The molecule has 2 aromatic heterocycles. The molecule has 0 saturated heterocycles. The van der Waals surface area contributed by atoms with Crippen LogP contribution in [0.4, 0.5) is 5.82 Å². The lowest BCUT2D eigenvalue weighted by molar-refractivity contribution is 0.0696.